The number of hydrogen-bond donors (Lipinski definition) is 1. The molecule has 1 aromatic carbocycles. The van der Waals surface area contributed by atoms with Gasteiger partial charge in [0.05, 0.1) is 7.11 Å². The summed E-state index contributed by atoms with van der Waals surface area (Å²) >= 11 is 0. The number of rotatable bonds is 6. The average molecular weight is 271 g/mol. The lowest BCUT2D eigenvalue weighted by molar-refractivity contribution is -0.116. The Kier molecular flexibility index (Phi) is 5.78. The molecule has 0 aromatic heterocycles. The number of halogens is 2. The zero-order valence-electron chi connectivity index (χ0n) is 10.7. The SMILES string of the molecule is CCNC(=O)C=Cc1cccc(OC)c1OC(F)F. The topological polar surface area (TPSA) is 47.6 Å². The third-order valence-corrected chi connectivity index (χ3v) is 2.20. The molecule has 19 heavy (non-hydrogen) atoms. The smallest absolute Gasteiger partial charge is 0.387 e. The van der Waals surface area contributed by atoms with Crippen molar-refractivity contribution in [2.24, 2.45) is 0 Å². The van der Waals surface area contributed by atoms with Gasteiger partial charge in [0.1, 0.15) is 0 Å². The van der Waals surface area contributed by atoms with Gasteiger partial charge in [-0.15, -0.1) is 0 Å². The van der Waals surface area contributed by atoms with Gasteiger partial charge in [-0.1, -0.05) is 12.1 Å². The van der Waals surface area contributed by atoms with Crippen molar-refractivity contribution in [1.29, 1.82) is 0 Å². The first-order chi connectivity index (χ1) is 9.08. The van der Waals surface area contributed by atoms with E-state index in [-0.39, 0.29) is 17.4 Å². The maximum absolute atomic E-state index is 12.4. The first kappa shape index (κ1) is 14.9. The Balaban J connectivity index is 3.02. The van der Waals surface area contributed by atoms with Crippen LogP contribution >= 0.6 is 0 Å². The lowest BCUT2D eigenvalue weighted by Crippen LogP contribution is -2.19. The Hall–Kier alpha value is -2.11. The Labute approximate surface area is 110 Å². The maximum Gasteiger partial charge on any atom is 0.387 e. The van der Waals surface area contributed by atoms with Gasteiger partial charge in [-0.2, -0.15) is 8.78 Å². The van der Waals surface area contributed by atoms with Crippen LogP contribution in [-0.2, 0) is 4.79 Å². The quantitative estimate of drug-likeness (QED) is 0.808. The van der Waals surface area contributed by atoms with E-state index in [1.807, 2.05) is 0 Å². The number of para-hydroxylation sites is 1. The van der Waals surface area contributed by atoms with Crippen molar-refractivity contribution < 1.29 is 23.0 Å². The van der Waals surface area contributed by atoms with Gasteiger partial charge in [0, 0.05) is 18.2 Å². The third kappa shape index (κ3) is 4.57. The summed E-state index contributed by atoms with van der Waals surface area (Å²) in [5, 5.41) is 2.56. The van der Waals surface area contributed by atoms with Crippen LogP contribution in [0, 0.1) is 0 Å². The van der Waals surface area contributed by atoms with E-state index in [2.05, 4.69) is 10.1 Å². The van der Waals surface area contributed by atoms with E-state index < -0.39 is 6.61 Å². The second kappa shape index (κ2) is 7.35. The molecule has 0 bridgehead atoms. The van der Waals surface area contributed by atoms with Gasteiger partial charge in [0.2, 0.25) is 5.91 Å². The largest absolute Gasteiger partial charge is 0.493 e. The molecule has 4 nitrogen and oxygen atoms in total. The normalized spacial score (nSPS) is 10.8. The molecule has 6 heteroatoms. The van der Waals surface area contributed by atoms with E-state index in [0.717, 1.165) is 0 Å². The van der Waals surface area contributed by atoms with Crippen LogP contribution in [-0.4, -0.2) is 26.2 Å². The molecule has 0 aliphatic heterocycles. The van der Waals surface area contributed by atoms with Gasteiger partial charge in [0.25, 0.3) is 0 Å². The number of likely N-dealkylation sites (N-methyl/N-ethyl adjacent to an activating group) is 1. The molecule has 0 aliphatic rings. The molecule has 0 atom stereocenters. The van der Waals surface area contributed by atoms with E-state index in [4.69, 9.17) is 4.74 Å². The van der Waals surface area contributed by atoms with Crippen molar-refractivity contribution in [3.8, 4) is 11.5 Å². The van der Waals surface area contributed by atoms with Crippen LogP contribution in [0.3, 0.4) is 0 Å². The molecule has 0 aliphatic carbocycles. The van der Waals surface area contributed by atoms with Crippen LogP contribution in [0.25, 0.3) is 6.08 Å². The molecule has 0 radical (unpaired) electrons. The second-order valence-electron chi connectivity index (χ2n) is 3.49. The summed E-state index contributed by atoms with van der Waals surface area (Å²) in [5.41, 5.74) is 0.339. The summed E-state index contributed by atoms with van der Waals surface area (Å²) in [6, 6.07) is 4.67. The minimum atomic E-state index is -2.96. The average Bonchev–Trinajstić information content (AvgIpc) is 2.37. The Bertz CT molecular complexity index is 461. The minimum absolute atomic E-state index is 0.0967. The van der Waals surface area contributed by atoms with Crippen molar-refractivity contribution in [2.75, 3.05) is 13.7 Å². The van der Waals surface area contributed by atoms with Crippen LogP contribution in [0.4, 0.5) is 8.78 Å². The molecule has 0 fully saturated rings. The fourth-order valence-electron chi connectivity index (χ4n) is 1.44. The van der Waals surface area contributed by atoms with E-state index in [9.17, 15) is 13.6 Å². The Morgan fingerprint density at radius 2 is 2.21 bits per heavy atom. The van der Waals surface area contributed by atoms with Crippen molar-refractivity contribution in [2.45, 2.75) is 13.5 Å². The van der Waals surface area contributed by atoms with Crippen molar-refractivity contribution in [3.05, 3.63) is 29.8 Å². The number of methoxy groups -OCH3 is 1. The van der Waals surface area contributed by atoms with E-state index in [1.54, 1.807) is 19.1 Å². The molecule has 1 aromatic rings. The van der Waals surface area contributed by atoms with Crippen molar-refractivity contribution >= 4 is 12.0 Å². The molecule has 1 amide bonds. The van der Waals surface area contributed by atoms with E-state index >= 15 is 0 Å². The Morgan fingerprint density at radius 1 is 1.47 bits per heavy atom. The fourth-order valence-corrected chi connectivity index (χ4v) is 1.44. The number of ether oxygens (including phenoxy) is 2. The number of nitrogens with one attached hydrogen (secondary N) is 1. The van der Waals surface area contributed by atoms with Crippen molar-refractivity contribution in [3.63, 3.8) is 0 Å². The van der Waals surface area contributed by atoms with Crippen LogP contribution in [0.1, 0.15) is 12.5 Å². The van der Waals surface area contributed by atoms with Gasteiger partial charge >= 0.3 is 6.61 Å². The van der Waals surface area contributed by atoms with Gasteiger partial charge in [-0.3, -0.25) is 4.79 Å². The summed E-state index contributed by atoms with van der Waals surface area (Å²) in [4.78, 5) is 11.3. The first-order valence-electron chi connectivity index (χ1n) is 5.66. The Morgan fingerprint density at radius 3 is 2.79 bits per heavy atom. The van der Waals surface area contributed by atoms with Gasteiger partial charge in [0.15, 0.2) is 11.5 Å². The highest BCUT2D eigenvalue weighted by Gasteiger charge is 2.13. The predicted octanol–water partition coefficient (Wildman–Crippen LogP) is 2.45. The molecular weight excluding hydrogens is 256 g/mol. The summed E-state index contributed by atoms with van der Waals surface area (Å²) in [7, 11) is 1.35. The second-order valence-corrected chi connectivity index (χ2v) is 3.49. The summed E-state index contributed by atoms with van der Waals surface area (Å²) in [5.74, 6) is -0.229. The summed E-state index contributed by atoms with van der Waals surface area (Å²) in [6.45, 7) is -0.697. The van der Waals surface area contributed by atoms with E-state index in [0.29, 0.717) is 12.1 Å². The molecule has 0 saturated carbocycles. The highest BCUT2D eigenvalue weighted by atomic mass is 19.3. The maximum atomic E-state index is 12.4. The zero-order chi connectivity index (χ0) is 14.3. The fraction of sp³-hybridized carbons (Fsp3) is 0.308. The van der Waals surface area contributed by atoms with Gasteiger partial charge in [-0.05, 0) is 19.1 Å². The predicted molar refractivity (Wildman–Crippen MR) is 67.3 cm³/mol. The minimum Gasteiger partial charge on any atom is -0.493 e. The lowest BCUT2D eigenvalue weighted by atomic mass is 10.1. The monoisotopic (exact) mass is 271 g/mol. The standard InChI is InChI=1S/C13H15F2NO3/c1-3-16-11(17)8-7-9-5-4-6-10(18-2)12(9)19-13(14)15/h4-8,13H,3H2,1-2H3,(H,16,17). The molecular formula is C13H15F2NO3. The highest BCUT2D eigenvalue weighted by Crippen LogP contribution is 2.33. The van der Waals surface area contributed by atoms with Crippen LogP contribution in [0.2, 0.25) is 0 Å². The number of hydrogen-bond acceptors (Lipinski definition) is 3. The zero-order valence-corrected chi connectivity index (χ0v) is 10.7. The van der Waals surface area contributed by atoms with Crippen LogP contribution in [0.15, 0.2) is 24.3 Å². The summed E-state index contributed by atoms with van der Waals surface area (Å²) in [6.07, 6.45) is 2.64. The number of carbonyl (C=O) groups is 1. The molecule has 1 rings (SSSR count). The van der Waals surface area contributed by atoms with Gasteiger partial charge < -0.3 is 14.8 Å². The van der Waals surface area contributed by atoms with Crippen molar-refractivity contribution in [1.82, 2.24) is 5.32 Å². The molecule has 104 valence electrons. The van der Waals surface area contributed by atoms with Crippen LogP contribution in [0.5, 0.6) is 11.5 Å². The van der Waals surface area contributed by atoms with Gasteiger partial charge in [-0.25, -0.2) is 0 Å². The summed E-state index contributed by atoms with van der Waals surface area (Å²) < 4.78 is 34.1. The molecule has 0 unspecified atom stereocenters. The van der Waals surface area contributed by atoms with Crippen LogP contribution < -0.4 is 14.8 Å². The number of alkyl halides is 2. The molecule has 0 saturated heterocycles. The van der Waals surface area contributed by atoms with E-state index in [1.165, 1.54) is 25.3 Å². The third-order valence-electron chi connectivity index (χ3n) is 2.20. The molecule has 0 heterocycles. The molecule has 0 spiro atoms. The highest BCUT2D eigenvalue weighted by molar-refractivity contribution is 5.92. The molecule has 1 N–H and O–H groups in total. The number of carbonyl (C=O) groups excluding carboxylic acids is 1. The number of amides is 1. The first-order valence-corrected chi connectivity index (χ1v) is 5.66. The number of benzene rings is 1. The lowest BCUT2D eigenvalue weighted by Gasteiger charge is -2.12.